The quantitative estimate of drug-likeness (QED) is 0.710. The van der Waals surface area contributed by atoms with Crippen molar-refractivity contribution in [1.29, 1.82) is 0 Å². The highest BCUT2D eigenvalue weighted by Crippen LogP contribution is 2.21. The van der Waals surface area contributed by atoms with Crippen molar-refractivity contribution in [2.45, 2.75) is 19.8 Å². The zero-order chi connectivity index (χ0) is 13.2. The number of carbonyl (C=O) groups excluding carboxylic acids is 1. The maximum atomic E-state index is 12.3. The lowest BCUT2D eigenvalue weighted by Crippen LogP contribution is -2.50. The monoisotopic (exact) mass is 274 g/mol. The van der Waals surface area contributed by atoms with Crippen molar-refractivity contribution >= 4 is 15.7 Å². The third kappa shape index (κ3) is 3.23. The molecule has 2 rings (SSSR count). The Hall–Kier alpha value is -0.620. The minimum atomic E-state index is -2.87. The molecule has 0 aromatic carbocycles. The lowest BCUT2D eigenvalue weighted by Gasteiger charge is -2.36. The first kappa shape index (κ1) is 13.8. The molecule has 0 aromatic rings. The van der Waals surface area contributed by atoms with Gasteiger partial charge in [-0.05, 0) is 19.4 Å². The molecule has 0 atom stereocenters. The summed E-state index contributed by atoms with van der Waals surface area (Å²) in [5, 5.41) is 0. The zero-order valence-corrected chi connectivity index (χ0v) is 11.8. The van der Waals surface area contributed by atoms with Gasteiger partial charge in [-0.1, -0.05) is 6.92 Å². The van der Waals surface area contributed by atoms with Crippen LogP contribution in [0.1, 0.15) is 19.8 Å². The molecule has 6 heteroatoms. The third-order valence-electron chi connectivity index (χ3n) is 4.04. The van der Waals surface area contributed by atoms with E-state index in [0.717, 1.165) is 32.7 Å². The van der Waals surface area contributed by atoms with Crippen molar-refractivity contribution < 1.29 is 13.2 Å². The summed E-state index contributed by atoms with van der Waals surface area (Å²) in [6.07, 6.45) is 1.02. The fraction of sp³-hybridized carbons (Fsp3) is 0.917. The standard InChI is InChI=1S/C12H22N2O3S/c1-2-13-5-7-14(8-6-13)12(15)11-3-9-18(16,17)10-4-11/h11H,2-10H2,1H3. The molecule has 5 nitrogen and oxygen atoms in total. The summed E-state index contributed by atoms with van der Waals surface area (Å²) in [5.41, 5.74) is 0. The predicted molar refractivity (Wildman–Crippen MR) is 70.1 cm³/mol. The van der Waals surface area contributed by atoms with Gasteiger partial charge in [0.25, 0.3) is 0 Å². The number of carbonyl (C=O) groups is 1. The number of sulfone groups is 1. The van der Waals surface area contributed by atoms with E-state index in [0.29, 0.717) is 12.8 Å². The molecule has 2 fully saturated rings. The van der Waals surface area contributed by atoms with Crippen LogP contribution in [0.3, 0.4) is 0 Å². The smallest absolute Gasteiger partial charge is 0.225 e. The minimum absolute atomic E-state index is 0.0679. The Morgan fingerprint density at radius 2 is 1.67 bits per heavy atom. The van der Waals surface area contributed by atoms with Crippen LogP contribution in [0.2, 0.25) is 0 Å². The summed E-state index contributed by atoms with van der Waals surface area (Å²) in [4.78, 5) is 16.5. The van der Waals surface area contributed by atoms with E-state index in [1.165, 1.54) is 0 Å². The predicted octanol–water partition coefficient (Wildman–Crippen LogP) is -0.0247. The van der Waals surface area contributed by atoms with Crippen LogP contribution >= 0.6 is 0 Å². The van der Waals surface area contributed by atoms with Crippen molar-refractivity contribution in [2.75, 3.05) is 44.2 Å². The van der Waals surface area contributed by atoms with E-state index in [1.807, 2.05) is 4.90 Å². The summed E-state index contributed by atoms with van der Waals surface area (Å²) < 4.78 is 22.7. The molecule has 2 saturated heterocycles. The van der Waals surface area contributed by atoms with Crippen LogP contribution in [-0.4, -0.2) is 68.4 Å². The Balaban J connectivity index is 1.85. The van der Waals surface area contributed by atoms with E-state index >= 15 is 0 Å². The first-order valence-electron chi connectivity index (χ1n) is 6.73. The lowest BCUT2D eigenvalue weighted by molar-refractivity contribution is -0.137. The van der Waals surface area contributed by atoms with E-state index in [-0.39, 0.29) is 23.3 Å². The zero-order valence-electron chi connectivity index (χ0n) is 11.0. The second-order valence-electron chi connectivity index (χ2n) is 5.19. The molecule has 2 aliphatic rings. The molecule has 0 saturated carbocycles. The second kappa shape index (κ2) is 5.57. The Morgan fingerprint density at radius 1 is 1.11 bits per heavy atom. The molecular weight excluding hydrogens is 252 g/mol. The summed E-state index contributed by atoms with van der Waals surface area (Å²) in [6.45, 7) is 6.61. The van der Waals surface area contributed by atoms with Gasteiger partial charge in [-0.15, -0.1) is 0 Å². The molecule has 0 unspecified atom stereocenters. The number of hydrogen-bond donors (Lipinski definition) is 0. The maximum absolute atomic E-state index is 12.3. The number of hydrogen-bond acceptors (Lipinski definition) is 4. The molecule has 0 aromatic heterocycles. The Morgan fingerprint density at radius 3 is 2.17 bits per heavy atom. The lowest BCUT2D eigenvalue weighted by atomic mass is 10.0. The number of amides is 1. The fourth-order valence-corrected chi connectivity index (χ4v) is 4.17. The summed E-state index contributed by atoms with van der Waals surface area (Å²) in [5.74, 6) is 0.457. The van der Waals surface area contributed by atoms with Crippen molar-refractivity contribution in [3.8, 4) is 0 Å². The van der Waals surface area contributed by atoms with E-state index in [1.54, 1.807) is 0 Å². The van der Waals surface area contributed by atoms with E-state index in [9.17, 15) is 13.2 Å². The van der Waals surface area contributed by atoms with Gasteiger partial charge in [-0.3, -0.25) is 4.79 Å². The van der Waals surface area contributed by atoms with Gasteiger partial charge < -0.3 is 9.80 Å². The van der Waals surface area contributed by atoms with Gasteiger partial charge in [-0.25, -0.2) is 8.42 Å². The Labute approximate surface area is 109 Å². The van der Waals surface area contributed by atoms with Crippen molar-refractivity contribution in [1.82, 2.24) is 9.80 Å². The van der Waals surface area contributed by atoms with E-state index in [4.69, 9.17) is 0 Å². The average Bonchev–Trinajstić information content (AvgIpc) is 2.38. The summed E-state index contributed by atoms with van der Waals surface area (Å²) in [7, 11) is -2.87. The van der Waals surface area contributed by atoms with Gasteiger partial charge in [0.15, 0.2) is 0 Å². The van der Waals surface area contributed by atoms with Gasteiger partial charge in [0, 0.05) is 32.1 Å². The van der Waals surface area contributed by atoms with Crippen LogP contribution < -0.4 is 0 Å². The Bertz CT molecular complexity index is 386. The van der Waals surface area contributed by atoms with Gasteiger partial charge in [-0.2, -0.15) is 0 Å². The number of likely N-dealkylation sites (N-methyl/N-ethyl adjacent to an activating group) is 1. The molecule has 1 amide bonds. The molecule has 0 N–H and O–H groups in total. The highest BCUT2D eigenvalue weighted by atomic mass is 32.2. The Kier molecular flexibility index (Phi) is 4.27. The number of rotatable bonds is 2. The molecule has 18 heavy (non-hydrogen) atoms. The molecule has 104 valence electrons. The van der Waals surface area contributed by atoms with Gasteiger partial charge in [0.1, 0.15) is 9.84 Å². The molecule has 0 aliphatic carbocycles. The highest BCUT2D eigenvalue weighted by Gasteiger charge is 2.32. The first-order valence-corrected chi connectivity index (χ1v) is 8.55. The normalized spacial score (nSPS) is 26.2. The molecule has 0 radical (unpaired) electrons. The van der Waals surface area contributed by atoms with E-state index in [2.05, 4.69) is 11.8 Å². The van der Waals surface area contributed by atoms with Gasteiger partial charge in [0.05, 0.1) is 11.5 Å². The van der Waals surface area contributed by atoms with Crippen LogP contribution in [0.15, 0.2) is 0 Å². The number of nitrogens with zero attached hydrogens (tertiary/aromatic N) is 2. The van der Waals surface area contributed by atoms with Gasteiger partial charge >= 0.3 is 0 Å². The van der Waals surface area contributed by atoms with E-state index < -0.39 is 9.84 Å². The number of piperazine rings is 1. The van der Waals surface area contributed by atoms with Crippen LogP contribution in [0.25, 0.3) is 0 Å². The second-order valence-corrected chi connectivity index (χ2v) is 7.49. The van der Waals surface area contributed by atoms with Crippen molar-refractivity contribution in [3.63, 3.8) is 0 Å². The average molecular weight is 274 g/mol. The molecule has 0 bridgehead atoms. The van der Waals surface area contributed by atoms with Crippen molar-refractivity contribution in [3.05, 3.63) is 0 Å². The SMILES string of the molecule is CCN1CCN(C(=O)C2CCS(=O)(=O)CC2)CC1. The van der Waals surface area contributed by atoms with Crippen LogP contribution in [0, 0.1) is 5.92 Å². The first-order chi connectivity index (χ1) is 8.52. The summed E-state index contributed by atoms with van der Waals surface area (Å²) >= 11 is 0. The topological polar surface area (TPSA) is 57.7 Å². The van der Waals surface area contributed by atoms with Crippen molar-refractivity contribution in [2.24, 2.45) is 5.92 Å². The van der Waals surface area contributed by atoms with Crippen LogP contribution in [-0.2, 0) is 14.6 Å². The van der Waals surface area contributed by atoms with Crippen LogP contribution in [0.4, 0.5) is 0 Å². The maximum Gasteiger partial charge on any atom is 0.225 e. The highest BCUT2D eigenvalue weighted by molar-refractivity contribution is 7.91. The minimum Gasteiger partial charge on any atom is -0.340 e. The molecular formula is C12H22N2O3S. The third-order valence-corrected chi connectivity index (χ3v) is 5.75. The fourth-order valence-electron chi connectivity index (χ4n) is 2.68. The molecule has 2 heterocycles. The van der Waals surface area contributed by atoms with Crippen LogP contribution in [0.5, 0.6) is 0 Å². The largest absolute Gasteiger partial charge is 0.340 e. The molecule has 2 aliphatic heterocycles. The molecule has 0 spiro atoms. The summed E-state index contributed by atoms with van der Waals surface area (Å²) in [6, 6.07) is 0. The van der Waals surface area contributed by atoms with Gasteiger partial charge in [0.2, 0.25) is 5.91 Å².